The summed E-state index contributed by atoms with van der Waals surface area (Å²) in [6.07, 6.45) is -1.83. The van der Waals surface area contributed by atoms with E-state index in [1.807, 2.05) is 0 Å². The molecular weight excluding hydrogens is 179 g/mol. The van der Waals surface area contributed by atoms with Gasteiger partial charge in [-0.15, -0.1) is 0 Å². The Labute approximate surface area is 87.9 Å². The minimum atomic E-state index is -1.83. The van der Waals surface area contributed by atoms with Crippen molar-refractivity contribution in [2.45, 2.75) is 0 Å². The van der Waals surface area contributed by atoms with Crippen molar-refractivity contribution in [1.82, 2.24) is 0 Å². The number of halogens is 1. The van der Waals surface area contributed by atoms with Crippen molar-refractivity contribution in [2.75, 3.05) is 0 Å². The average Bonchev–Trinajstić information content (AvgIpc) is 0.811. The quantitative estimate of drug-likeness (QED) is 0.366. The average molecular weight is 181 g/mol. The van der Waals surface area contributed by atoms with Gasteiger partial charge in [0.15, 0.2) is 0 Å². The molecule has 0 aromatic heterocycles. The van der Waals surface area contributed by atoms with Crippen molar-refractivity contribution in [2.24, 2.45) is 0 Å². The third-order valence-electron chi connectivity index (χ3n) is 0. The summed E-state index contributed by atoms with van der Waals surface area (Å²) in [5.74, 6) is 0. The third-order valence-corrected chi connectivity index (χ3v) is 0. The number of rotatable bonds is 0. The molecule has 0 bridgehead atoms. The van der Waals surface area contributed by atoms with E-state index < -0.39 is 6.16 Å². The first-order valence-corrected chi connectivity index (χ1v) is 0.651. The van der Waals surface area contributed by atoms with Gasteiger partial charge in [0.25, 0.3) is 0 Å². The zero-order valence-corrected chi connectivity index (χ0v) is 7.89. The van der Waals surface area contributed by atoms with Gasteiger partial charge in [-0.3, -0.25) is 0 Å². The summed E-state index contributed by atoms with van der Waals surface area (Å²) in [4.78, 5) is 8.56. The summed E-state index contributed by atoms with van der Waals surface area (Å²) in [6, 6.07) is 0. The molecule has 0 radical (unpaired) electrons. The van der Waals surface area contributed by atoms with Crippen molar-refractivity contribution in [1.29, 1.82) is 0 Å². The van der Waals surface area contributed by atoms with Crippen LogP contribution in [0.1, 0.15) is 0 Å². The van der Waals surface area contributed by atoms with Gasteiger partial charge in [-0.1, -0.05) is 0 Å². The van der Waals surface area contributed by atoms with Crippen LogP contribution < -0.4 is 68.4 Å². The number of carboxylic acid groups (broad SMARTS) is 2. The molecule has 0 aromatic rings. The van der Waals surface area contributed by atoms with E-state index in [4.69, 9.17) is 15.0 Å². The van der Waals surface area contributed by atoms with E-state index in [2.05, 4.69) is 0 Å². The second-order valence-electron chi connectivity index (χ2n) is 0.283. The molecule has 0 amide bonds. The van der Waals surface area contributed by atoms with E-state index >= 15 is 0 Å². The molecule has 5 heteroatoms. The first-order chi connectivity index (χ1) is 1.73. The molecule has 0 rings (SSSR count). The van der Waals surface area contributed by atoms with E-state index in [9.17, 15) is 0 Å². The smallest absolute Gasteiger partial charge is 1.00 e. The standard InChI is InChI=1S/CH2O3.BrH.K/c2-1(3)4;;/h(H2,2,3,4);1H;/q;;+1/p-1. The molecule has 0 heterocycles. The van der Waals surface area contributed by atoms with Crippen molar-refractivity contribution in [3.05, 3.63) is 0 Å². The van der Waals surface area contributed by atoms with Crippen LogP contribution in [0.25, 0.3) is 0 Å². The molecule has 0 atom stereocenters. The Balaban J connectivity index is -0.0000000450. The molecular formula is CH2BrKO3. The van der Waals surface area contributed by atoms with E-state index in [1.54, 1.807) is 0 Å². The van der Waals surface area contributed by atoms with Crippen LogP contribution in [0.5, 0.6) is 0 Å². The molecule has 2 N–H and O–H groups in total. The predicted molar refractivity (Wildman–Crippen MR) is 10.7 cm³/mol. The number of hydrogen-bond donors (Lipinski definition) is 2. The Morgan fingerprint density at radius 1 is 1.33 bits per heavy atom. The Hall–Kier alpha value is 1.39. The summed E-state index contributed by atoms with van der Waals surface area (Å²) < 4.78 is 0. The molecule has 0 spiro atoms. The van der Waals surface area contributed by atoms with E-state index in [-0.39, 0.29) is 68.4 Å². The predicted octanol–water partition coefficient (Wildman–Crippen LogP) is -5.77. The van der Waals surface area contributed by atoms with Gasteiger partial charge in [0.05, 0.1) is 0 Å². The molecule has 0 saturated heterocycles. The monoisotopic (exact) mass is 180 g/mol. The van der Waals surface area contributed by atoms with Gasteiger partial charge >= 0.3 is 57.5 Å². The molecule has 3 nitrogen and oxygen atoms in total. The molecule has 0 aliphatic carbocycles. The molecule has 0 unspecified atom stereocenters. The molecule has 0 fully saturated rings. The van der Waals surface area contributed by atoms with Crippen LogP contribution in [-0.4, -0.2) is 16.4 Å². The minimum Gasteiger partial charge on any atom is -1.00 e. The molecule has 32 valence electrons. The van der Waals surface area contributed by atoms with Gasteiger partial charge in [-0.25, -0.2) is 4.79 Å². The zero-order chi connectivity index (χ0) is 3.58. The van der Waals surface area contributed by atoms with Crippen LogP contribution in [0.2, 0.25) is 0 Å². The summed E-state index contributed by atoms with van der Waals surface area (Å²) in [5.41, 5.74) is 0. The van der Waals surface area contributed by atoms with Crippen molar-refractivity contribution >= 4 is 6.16 Å². The van der Waals surface area contributed by atoms with Gasteiger partial charge < -0.3 is 27.2 Å². The number of hydrogen-bond acceptors (Lipinski definition) is 1. The normalized spacial score (nSPS) is 4.00. The zero-order valence-electron chi connectivity index (χ0n) is 3.18. The molecule has 0 saturated carbocycles. The maximum absolute atomic E-state index is 8.56. The first kappa shape index (κ1) is 15.7. The van der Waals surface area contributed by atoms with Crippen LogP contribution in [0, 0.1) is 0 Å². The van der Waals surface area contributed by atoms with Crippen LogP contribution in [0.3, 0.4) is 0 Å². The van der Waals surface area contributed by atoms with Crippen molar-refractivity contribution < 1.29 is 83.4 Å². The fourth-order valence-electron chi connectivity index (χ4n) is 0. The van der Waals surface area contributed by atoms with Crippen LogP contribution in [0.4, 0.5) is 4.79 Å². The molecule has 6 heavy (non-hydrogen) atoms. The van der Waals surface area contributed by atoms with Gasteiger partial charge in [0, 0.05) is 0 Å². The Morgan fingerprint density at radius 3 is 1.33 bits per heavy atom. The Morgan fingerprint density at radius 2 is 1.33 bits per heavy atom. The Bertz CT molecular complexity index is 33.8. The SMILES string of the molecule is O=C(O)O.[Br-].[K+]. The Kier molecular flexibility index (Phi) is 25.1. The van der Waals surface area contributed by atoms with Gasteiger partial charge in [-0.05, 0) is 0 Å². The largest absolute Gasteiger partial charge is 1.00 e. The molecule has 0 aliphatic heterocycles. The maximum Gasteiger partial charge on any atom is 1.00 e. The van der Waals surface area contributed by atoms with Gasteiger partial charge in [0.2, 0.25) is 0 Å². The van der Waals surface area contributed by atoms with E-state index in [1.165, 1.54) is 0 Å². The summed E-state index contributed by atoms with van der Waals surface area (Å²) in [7, 11) is 0. The summed E-state index contributed by atoms with van der Waals surface area (Å²) in [5, 5.41) is 13.9. The summed E-state index contributed by atoms with van der Waals surface area (Å²) in [6.45, 7) is 0. The fraction of sp³-hybridized carbons (Fsp3) is 0. The molecule has 0 aliphatic rings. The van der Waals surface area contributed by atoms with E-state index in [0.29, 0.717) is 0 Å². The second-order valence-corrected chi connectivity index (χ2v) is 0.283. The second kappa shape index (κ2) is 9.63. The number of carbonyl (C=O) groups is 1. The first-order valence-electron chi connectivity index (χ1n) is 0.651. The molecule has 0 aromatic carbocycles. The van der Waals surface area contributed by atoms with Crippen LogP contribution in [0.15, 0.2) is 0 Å². The summed E-state index contributed by atoms with van der Waals surface area (Å²) >= 11 is 0. The van der Waals surface area contributed by atoms with Crippen LogP contribution in [-0.2, 0) is 0 Å². The maximum atomic E-state index is 8.56. The van der Waals surface area contributed by atoms with Crippen molar-refractivity contribution in [3.8, 4) is 0 Å². The minimum absolute atomic E-state index is 0. The fourth-order valence-corrected chi connectivity index (χ4v) is 0. The van der Waals surface area contributed by atoms with Crippen LogP contribution >= 0.6 is 0 Å². The van der Waals surface area contributed by atoms with Gasteiger partial charge in [0.1, 0.15) is 0 Å². The van der Waals surface area contributed by atoms with Gasteiger partial charge in [-0.2, -0.15) is 0 Å². The third kappa shape index (κ3) is 53.9. The van der Waals surface area contributed by atoms with Crippen molar-refractivity contribution in [3.63, 3.8) is 0 Å². The topological polar surface area (TPSA) is 57.5 Å². The van der Waals surface area contributed by atoms with E-state index in [0.717, 1.165) is 0 Å².